The van der Waals surface area contributed by atoms with Crippen molar-refractivity contribution in [1.29, 1.82) is 0 Å². The lowest BCUT2D eigenvalue weighted by molar-refractivity contribution is -0.155. The molecule has 5 unspecified atom stereocenters. The van der Waals surface area contributed by atoms with Crippen molar-refractivity contribution in [2.24, 2.45) is 17.3 Å². The van der Waals surface area contributed by atoms with E-state index in [9.17, 15) is 39.1 Å². The van der Waals surface area contributed by atoms with Crippen molar-refractivity contribution in [3.63, 3.8) is 0 Å². The molecule has 2 aromatic rings. The molecule has 0 spiro atoms. The summed E-state index contributed by atoms with van der Waals surface area (Å²) in [5, 5.41) is 27.3. The number of hydroxylamine groups is 1. The van der Waals surface area contributed by atoms with E-state index >= 15 is 0 Å². The van der Waals surface area contributed by atoms with Crippen LogP contribution in [0, 0.1) is 38.0 Å². The summed E-state index contributed by atoms with van der Waals surface area (Å²) in [6.07, 6.45) is -0.178. The lowest BCUT2D eigenvalue weighted by atomic mass is 9.84. The largest absolute Gasteiger partial charge is 0.507 e. The van der Waals surface area contributed by atoms with Gasteiger partial charge in [0.1, 0.15) is 36.0 Å². The Morgan fingerprint density at radius 3 is 2.22 bits per heavy atom. The van der Waals surface area contributed by atoms with E-state index in [1.54, 1.807) is 64.4 Å². The SMILES string of the molecule is CNC(=O)C(NC(=O)C(CC(C)C)C(OCCN(CCOc1ccc(CC2SC(=O)NC2=O)cc1)C(=O)C1(C)CCc2c(C)c(O)c(C)c(C)c2O1)C(=O)NO)C(C)(C)C. The van der Waals surface area contributed by atoms with Crippen LogP contribution in [0.3, 0.4) is 0 Å². The van der Waals surface area contributed by atoms with Gasteiger partial charge in [-0.3, -0.25) is 39.3 Å². The molecular weight excluding hydrogens is 795 g/mol. The smallest absolute Gasteiger partial charge is 0.286 e. The number of fused-ring (bicyclic) bond motifs is 1. The number of hydrogen-bond acceptors (Lipinski definition) is 12. The monoisotopic (exact) mass is 855 g/mol. The molecule has 4 rings (SSSR count). The molecule has 16 nitrogen and oxygen atoms in total. The number of likely N-dealkylation sites (N-methyl/N-ethyl adjacent to an activating group) is 1. The molecule has 2 heterocycles. The maximum atomic E-state index is 14.6. The Morgan fingerprint density at radius 2 is 1.65 bits per heavy atom. The predicted octanol–water partition coefficient (Wildman–Crippen LogP) is 4.03. The maximum absolute atomic E-state index is 14.6. The predicted molar refractivity (Wildman–Crippen MR) is 225 cm³/mol. The highest BCUT2D eigenvalue weighted by Crippen LogP contribution is 2.43. The molecule has 17 heteroatoms. The number of aromatic hydroxyl groups is 1. The van der Waals surface area contributed by atoms with E-state index in [0.717, 1.165) is 28.5 Å². The van der Waals surface area contributed by atoms with Crippen LogP contribution in [-0.2, 0) is 41.6 Å². The Hall–Kier alpha value is -4.87. The fraction of sp³-hybridized carbons (Fsp3) is 0.581. The van der Waals surface area contributed by atoms with Gasteiger partial charge in [-0.2, -0.15) is 0 Å². The van der Waals surface area contributed by atoms with Crippen LogP contribution in [0.15, 0.2) is 24.3 Å². The summed E-state index contributed by atoms with van der Waals surface area (Å²) in [6, 6.07) is 6.14. The Bertz CT molecular complexity index is 1930. The van der Waals surface area contributed by atoms with Gasteiger partial charge in [0, 0.05) is 25.6 Å². The van der Waals surface area contributed by atoms with Gasteiger partial charge < -0.3 is 34.9 Å². The fourth-order valence-electron chi connectivity index (χ4n) is 7.46. The fourth-order valence-corrected chi connectivity index (χ4v) is 8.32. The highest BCUT2D eigenvalue weighted by molar-refractivity contribution is 8.15. The minimum Gasteiger partial charge on any atom is -0.507 e. The van der Waals surface area contributed by atoms with Crippen molar-refractivity contribution in [2.45, 2.75) is 111 Å². The lowest BCUT2D eigenvalue weighted by Crippen LogP contribution is -2.57. The van der Waals surface area contributed by atoms with Crippen molar-refractivity contribution in [3.05, 3.63) is 52.1 Å². The first-order valence-electron chi connectivity index (χ1n) is 20.2. The van der Waals surface area contributed by atoms with Crippen molar-refractivity contribution in [1.82, 2.24) is 26.3 Å². The number of phenols is 1. The van der Waals surface area contributed by atoms with Crippen LogP contribution in [0.25, 0.3) is 0 Å². The van der Waals surface area contributed by atoms with Gasteiger partial charge in [0.15, 0.2) is 5.60 Å². The number of phenolic OH excluding ortho intramolecular Hbond substituents is 1. The Balaban J connectivity index is 1.56. The van der Waals surface area contributed by atoms with E-state index in [4.69, 9.17) is 14.2 Å². The number of benzene rings is 2. The van der Waals surface area contributed by atoms with E-state index in [1.165, 1.54) is 11.9 Å². The van der Waals surface area contributed by atoms with Crippen LogP contribution in [0.1, 0.15) is 82.2 Å². The molecule has 1 saturated heterocycles. The number of carbonyl (C=O) groups excluding carboxylic acids is 6. The molecule has 2 aliphatic heterocycles. The summed E-state index contributed by atoms with van der Waals surface area (Å²) >= 11 is 0.955. The van der Waals surface area contributed by atoms with E-state index in [2.05, 4.69) is 16.0 Å². The van der Waals surface area contributed by atoms with Crippen LogP contribution in [0.4, 0.5) is 4.79 Å². The van der Waals surface area contributed by atoms with Crippen LogP contribution in [-0.4, -0.2) is 106 Å². The zero-order valence-corrected chi connectivity index (χ0v) is 37.1. The number of hydrogen-bond donors (Lipinski definition) is 6. The van der Waals surface area contributed by atoms with Crippen LogP contribution < -0.4 is 30.9 Å². The average molecular weight is 856 g/mol. The van der Waals surface area contributed by atoms with E-state index in [0.29, 0.717) is 41.9 Å². The molecule has 60 heavy (non-hydrogen) atoms. The Labute approximate surface area is 356 Å². The molecule has 0 bridgehead atoms. The molecule has 2 aliphatic rings. The summed E-state index contributed by atoms with van der Waals surface area (Å²) in [6.45, 7) is 16.1. The number of amides is 6. The highest BCUT2D eigenvalue weighted by Gasteiger charge is 2.44. The molecule has 6 amide bonds. The molecule has 6 N–H and O–H groups in total. The topological polar surface area (TPSA) is 222 Å². The minimum absolute atomic E-state index is 0.0465. The zero-order chi connectivity index (χ0) is 44.7. The van der Waals surface area contributed by atoms with E-state index in [1.807, 2.05) is 27.7 Å². The van der Waals surface area contributed by atoms with Gasteiger partial charge >= 0.3 is 0 Å². The number of nitrogens with zero attached hydrogens (tertiary/aromatic N) is 1. The van der Waals surface area contributed by atoms with Gasteiger partial charge in [0.05, 0.1) is 24.3 Å². The number of imide groups is 1. The summed E-state index contributed by atoms with van der Waals surface area (Å²) in [5.41, 5.74) is 3.36. The molecular formula is C43H61N5O11S. The summed E-state index contributed by atoms with van der Waals surface area (Å²) < 4.78 is 18.7. The van der Waals surface area contributed by atoms with Crippen molar-refractivity contribution in [3.8, 4) is 17.2 Å². The zero-order valence-electron chi connectivity index (χ0n) is 36.3. The van der Waals surface area contributed by atoms with Gasteiger partial charge in [0.25, 0.3) is 17.1 Å². The first-order valence-corrected chi connectivity index (χ1v) is 21.1. The van der Waals surface area contributed by atoms with Gasteiger partial charge in [-0.05, 0) is 92.7 Å². The number of ether oxygens (including phenoxy) is 3. The third-order valence-corrected chi connectivity index (χ3v) is 12.1. The van der Waals surface area contributed by atoms with E-state index in [-0.39, 0.29) is 61.4 Å². The van der Waals surface area contributed by atoms with Gasteiger partial charge in [-0.15, -0.1) is 0 Å². The third-order valence-electron chi connectivity index (χ3n) is 11.1. The molecule has 0 aliphatic carbocycles. The third kappa shape index (κ3) is 11.5. The number of nitrogens with one attached hydrogen (secondary N) is 4. The molecule has 0 saturated carbocycles. The highest BCUT2D eigenvalue weighted by atomic mass is 32.2. The first-order chi connectivity index (χ1) is 28.1. The average Bonchev–Trinajstić information content (AvgIpc) is 3.52. The van der Waals surface area contributed by atoms with Crippen molar-refractivity contribution in [2.75, 3.05) is 33.4 Å². The maximum Gasteiger partial charge on any atom is 0.286 e. The summed E-state index contributed by atoms with van der Waals surface area (Å²) in [5.74, 6) is -2.66. The molecule has 1 fully saturated rings. The summed E-state index contributed by atoms with van der Waals surface area (Å²) in [4.78, 5) is 79.7. The van der Waals surface area contributed by atoms with Gasteiger partial charge in [0.2, 0.25) is 17.7 Å². The Morgan fingerprint density at radius 1 is 1.00 bits per heavy atom. The van der Waals surface area contributed by atoms with Gasteiger partial charge in [-0.25, -0.2) is 5.48 Å². The minimum atomic E-state index is -1.49. The van der Waals surface area contributed by atoms with E-state index < -0.39 is 52.1 Å². The number of carbonyl (C=O) groups is 6. The molecule has 2 aromatic carbocycles. The molecule has 0 radical (unpaired) electrons. The molecule has 330 valence electrons. The quantitative estimate of drug-likeness (QED) is 0.0925. The van der Waals surface area contributed by atoms with Gasteiger partial charge in [-0.1, -0.05) is 58.5 Å². The van der Waals surface area contributed by atoms with Crippen molar-refractivity contribution < 1.29 is 53.3 Å². The van der Waals surface area contributed by atoms with Crippen molar-refractivity contribution >= 4 is 46.5 Å². The van der Waals surface area contributed by atoms with Crippen LogP contribution in [0.5, 0.6) is 17.2 Å². The summed E-state index contributed by atoms with van der Waals surface area (Å²) in [7, 11) is 1.47. The number of rotatable bonds is 18. The second-order valence-electron chi connectivity index (χ2n) is 17.2. The lowest BCUT2D eigenvalue weighted by Gasteiger charge is -2.40. The van der Waals surface area contributed by atoms with Crippen LogP contribution >= 0.6 is 11.8 Å². The standard InChI is InChI=1S/C43H61N5O11S/c1-23(2)21-30(36(50)45-35(39(53)44-10)42(6,7)8)34(38(52)47-56)58-20-18-48(17-19-57-28-13-11-27(12-14-28)22-31-37(51)46-41(55)60-31)40(54)43(9)16-15-29-26(5)32(49)24(3)25(4)33(29)59-43/h11-14,23,30-31,34-35,49,56H,15-22H2,1-10H3,(H,44,53)(H,45,50)(H,47,52)(H,46,51,55). The van der Waals surface area contributed by atoms with Crippen LogP contribution in [0.2, 0.25) is 0 Å². The second-order valence-corrected chi connectivity index (χ2v) is 18.3. The first kappa shape index (κ1) is 47.8. The Kier molecular flexibility index (Phi) is 16.0. The second kappa shape index (κ2) is 20.1. The molecule has 0 aromatic heterocycles. The number of thioether (sulfide) groups is 1. The molecule has 5 atom stereocenters. The normalized spacial score (nSPS) is 19.0.